The van der Waals surface area contributed by atoms with E-state index in [0.717, 1.165) is 16.6 Å². The van der Waals surface area contributed by atoms with Crippen molar-refractivity contribution in [1.82, 2.24) is 14.9 Å². The summed E-state index contributed by atoms with van der Waals surface area (Å²) in [6, 6.07) is 1.85. The van der Waals surface area contributed by atoms with Gasteiger partial charge in [-0.15, -0.1) is 11.3 Å². The van der Waals surface area contributed by atoms with Crippen LogP contribution in [0, 0.1) is 5.92 Å². The Labute approximate surface area is 151 Å². The third kappa shape index (κ3) is 2.38. The van der Waals surface area contributed by atoms with Crippen LogP contribution in [0.4, 0.5) is 4.79 Å². The first-order valence-electron chi connectivity index (χ1n) is 7.88. The molecule has 2 saturated heterocycles. The second kappa shape index (κ2) is 5.05. The summed E-state index contributed by atoms with van der Waals surface area (Å²) in [5.74, 6) is 1.03. The van der Waals surface area contributed by atoms with Crippen molar-refractivity contribution in [2.24, 2.45) is 5.92 Å². The highest BCUT2D eigenvalue weighted by Crippen LogP contribution is 2.56. The SMILES string of the molecule is CC(C)(C)OC(=O)N1CC2CC1(c1nc3cc(Br)sc3c(=O)[nH]1)C2. The minimum atomic E-state index is -0.547. The maximum Gasteiger partial charge on any atom is 0.411 e. The van der Waals surface area contributed by atoms with E-state index in [9.17, 15) is 9.59 Å². The molecule has 4 heterocycles. The fourth-order valence-corrected chi connectivity index (χ4v) is 5.12. The van der Waals surface area contributed by atoms with Crippen LogP contribution in [0.3, 0.4) is 0 Å². The average Bonchev–Trinajstić information content (AvgIpc) is 3.05. The number of aromatic amines is 1. The molecule has 2 aromatic heterocycles. The van der Waals surface area contributed by atoms with Crippen molar-refractivity contribution in [3.05, 3.63) is 26.0 Å². The van der Waals surface area contributed by atoms with Gasteiger partial charge in [-0.3, -0.25) is 9.69 Å². The van der Waals surface area contributed by atoms with Crippen LogP contribution in [0.25, 0.3) is 10.2 Å². The molecule has 1 saturated carbocycles. The number of hydrogen-bond acceptors (Lipinski definition) is 5. The van der Waals surface area contributed by atoms with Crippen molar-refractivity contribution in [1.29, 1.82) is 0 Å². The van der Waals surface area contributed by atoms with Gasteiger partial charge in [0.05, 0.1) is 9.30 Å². The number of rotatable bonds is 1. The van der Waals surface area contributed by atoms with Crippen LogP contribution in [0.1, 0.15) is 39.4 Å². The summed E-state index contributed by atoms with van der Waals surface area (Å²) in [5.41, 5.74) is -0.567. The number of nitrogens with one attached hydrogen (secondary N) is 1. The van der Waals surface area contributed by atoms with Crippen molar-refractivity contribution in [2.45, 2.75) is 44.8 Å². The number of ether oxygens (including phenoxy) is 1. The predicted octanol–water partition coefficient (Wildman–Crippen LogP) is 3.60. The molecule has 1 amide bonds. The minimum Gasteiger partial charge on any atom is -0.444 e. The predicted molar refractivity (Wildman–Crippen MR) is 95.3 cm³/mol. The Morgan fingerprint density at radius 3 is 2.88 bits per heavy atom. The van der Waals surface area contributed by atoms with Crippen LogP contribution >= 0.6 is 27.3 Å². The Kier molecular flexibility index (Phi) is 3.38. The Balaban J connectivity index is 1.75. The summed E-state index contributed by atoms with van der Waals surface area (Å²) >= 11 is 4.76. The Hall–Kier alpha value is -1.41. The van der Waals surface area contributed by atoms with Crippen LogP contribution in [0.15, 0.2) is 14.6 Å². The molecule has 1 N–H and O–H groups in total. The van der Waals surface area contributed by atoms with E-state index in [1.807, 2.05) is 26.8 Å². The van der Waals surface area contributed by atoms with E-state index in [0.29, 0.717) is 28.5 Å². The molecule has 6 nitrogen and oxygen atoms in total. The van der Waals surface area contributed by atoms with Crippen molar-refractivity contribution in [2.75, 3.05) is 6.54 Å². The summed E-state index contributed by atoms with van der Waals surface area (Å²) < 4.78 is 7.01. The second-order valence-corrected chi connectivity index (χ2v) is 10.0. The van der Waals surface area contributed by atoms with E-state index in [4.69, 9.17) is 4.74 Å². The maximum absolute atomic E-state index is 12.6. The van der Waals surface area contributed by atoms with E-state index >= 15 is 0 Å². The molecule has 8 heteroatoms. The molecule has 0 unspecified atom stereocenters. The van der Waals surface area contributed by atoms with Gasteiger partial charge in [-0.05, 0) is 61.5 Å². The molecule has 3 aliphatic rings. The molecule has 0 aromatic carbocycles. The van der Waals surface area contributed by atoms with Crippen molar-refractivity contribution < 1.29 is 9.53 Å². The topological polar surface area (TPSA) is 75.3 Å². The number of fused-ring (bicyclic) bond motifs is 2. The standard InChI is InChI=1S/C16H18BrN3O3S/c1-15(2,3)23-14(22)20-7-8-5-16(20,6-8)13-18-9-4-10(17)24-11(9)12(21)19-13/h4,8H,5-7H2,1-3H3,(H,18,19,21). The monoisotopic (exact) mass is 411 g/mol. The van der Waals surface area contributed by atoms with E-state index in [1.165, 1.54) is 11.3 Å². The third-order valence-corrected chi connectivity index (χ3v) is 6.24. The van der Waals surface area contributed by atoms with E-state index in [1.54, 1.807) is 4.90 Å². The lowest BCUT2D eigenvalue weighted by atomic mass is 9.72. The molecule has 3 fully saturated rings. The first-order valence-corrected chi connectivity index (χ1v) is 9.49. The molecule has 5 rings (SSSR count). The molecule has 0 spiro atoms. The number of carbonyl (C=O) groups is 1. The summed E-state index contributed by atoms with van der Waals surface area (Å²) in [4.78, 5) is 34.3. The number of nitrogens with zero attached hydrogens (tertiary/aromatic N) is 2. The van der Waals surface area contributed by atoms with Gasteiger partial charge in [0.15, 0.2) is 0 Å². The zero-order valence-corrected chi connectivity index (χ0v) is 16.1. The molecular weight excluding hydrogens is 394 g/mol. The summed E-state index contributed by atoms with van der Waals surface area (Å²) in [6.45, 7) is 6.22. The van der Waals surface area contributed by atoms with Gasteiger partial charge in [0.25, 0.3) is 5.56 Å². The van der Waals surface area contributed by atoms with Gasteiger partial charge in [-0.1, -0.05) is 0 Å². The van der Waals surface area contributed by atoms with Crippen LogP contribution in [-0.2, 0) is 10.3 Å². The maximum atomic E-state index is 12.6. The number of hydrogen-bond donors (Lipinski definition) is 1. The van der Waals surface area contributed by atoms with Gasteiger partial charge in [0, 0.05) is 6.54 Å². The van der Waals surface area contributed by atoms with Gasteiger partial charge in [-0.25, -0.2) is 9.78 Å². The Bertz CT molecular complexity index is 892. The Morgan fingerprint density at radius 1 is 1.50 bits per heavy atom. The molecule has 2 aliphatic heterocycles. The quantitative estimate of drug-likeness (QED) is 0.777. The number of H-pyrrole nitrogens is 1. The fourth-order valence-electron chi connectivity index (χ4n) is 3.70. The molecule has 0 atom stereocenters. The second-order valence-electron chi connectivity index (χ2n) is 7.58. The van der Waals surface area contributed by atoms with Crippen molar-refractivity contribution >= 4 is 43.6 Å². The number of thiophene rings is 1. The van der Waals surface area contributed by atoms with Crippen molar-refractivity contribution in [3.63, 3.8) is 0 Å². The average molecular weight is 412 g/mol. The number of aromatic nitrogens is 2. The summed E-state index contributed by atoms with van der Waals surface area (Å²) in [7, 11) is 0. The highest BCUT2D eigenvalue weighted by molar-refractivity contribution is 9.11. The minimum absolute atomic E-state index is 0.153. The highest BCUT2D eigenvalue weighted by Gasteiger charge is 2.61. The molecule has 24 heavy (non-hydrogen) atoms. The number of carbonyl (C=O) groups excluding carboxylic acids is 1. The fraction of sp³-hybridized carbons (Fsp3) is 0.562. The third-order valence-electron chi connectivity index (χ3n) is 4.62. The first kappa shape index (κ1) is 16.1. The molecule has 128 valence electrons. The van der Waals surface area contributed by atoms with Gasteiger partial charge in [-0.2, -0.15) is 0 Å². The number of halogens is 1. The van der Waals surface area contributed by atoms with E-state index in [2.05, 4.69) is 25.9 Å². The molecule has 1 aliphatic carbocycles. The molecule has 2 aromatic rings. The smallest absolute Gasteiger partial charge is 0.411 e. The van der Waals surface area contributed by atoms with Crippen LogP contribution < -0.4 is 5.56 Å². The highest BCUT2D eigenvalue weighted by atomic mass is 79.9. The lowest BCUT2D eigenvalue weighted by Crippen LogP contribution is -2.49. The van der Waals surface area contributed by atoms with E-state index in [-0.39, 0.29) is 11.7 Å². The summed E-state index contributed by atoms with van der Waals surface area (Å²) in [6.07, 6.45) is 1.31. The van der Waals surface area contributed by atoms with Gasteiger partial charge in [0.2, 0.25) is 0 Å². The zero-order valence-electron chi connectivity index (χ0n) is 13.7. The van der Waals surface area contributed by atoms with Gasteiger partial charge >= 0.3 is 6.09 Å². The molecule has 0 radical (unpaired) electrons. The zero-order chi connectivity index (χ0) is 17.3. The first-order chi connectivity index (χ1) is 11.2. The molecular formula is C16H18BrN3O3S. The summed E-state index contributed by atoms with van der Waals surface area (Å²) in [5, 5.41) is 0. The van der Waals surface area contributed by atoms with Crippen LogP contribution in [-0.4, -0.2) is 33.1 Å². The normalized spacial score (nSPS) is 25.8. The van der Waals surface area contributed by atoms with Gasteiger partial charge in [0.1, 0.15) is 21.7 Å². The van der Waals surface area contributed by atoms with E-state index < -0.39 is 11.1 Å². The van der Waals surface area contributed by atoms with Crippen LogP contribution in [0.5, 0.6) is 0 Å². The largest absolute Gasteiger partial charge is 0.444 e. The van der Waals surface area contributed by atoms with Crippen LogP contribution in [0.2, 0.25) is 0 Å². The lowest BCUT2D eigenvalue weighted by Gasteiger charge is -2.41. The molecule has 2 bridgehead atoms. The van der Waals surface area contributed by atoms with Gasteiger partial charge < -0.3 is 9.72 Å². The Morgan fingerprint density at radius 2 is 2.21 bits per heavy atom. The van der Waals surface area contributed by atoms with Crippen molar-refractivity contribution in [3.8, 4) is 0 Å². The lowest BCUT2D eigenvalue weighted by molar-refractivity contribution is 0.00374. The number of amides is 1.